The smallest absolute Gasteiger partial charge is 0.255 e. The Bertz CT molecular complexity index is 692. The summed E-state index contributed by atoms with van der Waals surface area (Å²) in [6, 6.07) is 9.42. The molecule has 2 aromatic rings. The lowest BCUT2D eigenvalue weighted by atomic mass is 10.1. The monoisotopic (exact) mass is 327 g/mol. The van der Waals surface area contributed by atoms with E-state index in [0.29, 0.717) is 11.5 Å². The molecule has 128 valence electrons. The molecule has 1 saturated carbocycles. The lowest BCUT2D eigenvalue weighted by Gasteiger charge is -2.18. The predicted octanol–water partition coefficient (Wildman–Crippen LogP) is 3.19. The zero-order valence-electron chi connectivity index (χ0n) is 14.3. The second-order valence-corrected chi connectivity index (χ2v) is 6.54. The standard InChI is InChI=1S/C19H25N3O2/c1-3-13(2)22-18(15-9-10-15)16(11-20-22)19(24)21-17(12-23)14-7-5-4-6-8-14/h4-8,11,13,15,17,23H,3,9-10,12H2,1-2H3,(H,21,24)/t13?,17-/m1/s1. The van der Waals surface area contributed by atoms with Gasteiger partial charge in [-0.2, -0.15) is 5.10 Å². The first-order valence-electron chi connectivity index (χ1n) is 8.69. The predicted molar refractivity (Wildman–Crippen MR) is 92.9 cm³/mol. The second kappa shape index (κ2) is 7.18. The van der Waals surface area contributed by atoms with Gasteiger partial charge in [0.15, 0.2) is 0 Å². The van der Waals surface area contributed by atoms with Gasteiger partial charge in [-0.1, -0.05) is 37.3 Å². The average molecular weight is 327 g/mol. The van der Waals surface area contributed by atoms with Crippen LogP contribution in [0.1, 0.15) is 72.7 Å². The summed E-state index contributed by atoms with van der Waals surface area (Å²) >= 11 is 0. The summed E-state index contributed by atoms with van der Waals surface area (Å²) in [7, 11) is 0. The normalized spacial score (nSPS) is 16.6. The number of nitrogens with one attached hydrogen (secondary N) is 1. The highest BCUT2D eigenvalue weighted by molar-refractivity contribution is 5.95. The van der Waals surface area contributed by atoms with E-state index in [-0.39, 0.29) is 18.6 Å². The Kier molecular flexibility index (Phi) is 5.00. The SMILES string of the molecule is CCC(C)n1ncc(C(=O)N[C@H](CO)c2ccccc2)c1C1CC1. The number of hydrogen-bond donors (Lipinski definition) is 2. The molecule has 24 heavy (non-hydrogen) atoms. The van der Waals surface area contributed by atoms with Crippen molar-refractivity contribution in [2.24, 2.45) is 0 Å². The fourth-order valence-corrected chi connectivity index (χ4v) is 2.99. The largest absolute Gasteiger partial charge is 0.394 e. The van der Waals surface area contributed by atoms with Crippen molar-refractivity contribution in [3.63, 3.8) is 0 Å². The maximum absolute atomic E-state index is 12.8. The number of aliphatic hydroxyl groups excluding tert-OH is 1. The van der Waals surface area contributed by atoms with Crippen LogP contribution in [0.25, 0.3) is 0 Å². The lowest BCUT2D eigenvalue weighted by molar-refractivity contribution is 0.0915. The first-order chi connectivity index (χ1) is 11.7. The van der Waals surface area contributed by atoms with Crippen LogP contribution in [-0.4, -0.2) is 27.4 Å². The van der Waals surface area contributed by atoms with Crippen molar-refractivity contribution < 1.29 is 9.90 Å². The highest BCUT2D eigenvalue weighted by atomic mass is 16.3. The van der Waals surface area contributed by atoms with Crippen molar-refractivity contribution in [1.29, 1.82) is 0 Å². The van der Waals surface area contributed by atoms with Gasteiger partial charge in [0.2, 0.25) is 0 Å². The van der Waals surface area contributed by atoms with Crippen molar-refractivity contribution in [3.05, 3.63) is 53.3 Å². The van der Waals surface area contributed by atoms with E-state index in [1.165, 1.54) is 0 Å². The average Bonchev–Trinajstić information content (AvgIpc) is 3.37. The molecule has 0 spiro atoms. The molecular weight excluding hydrogens is 302 g/mol. The van der Waals surface area contributed by atoms with E-state index in [4.69, 9.17) is 0 Å². The minimum atomic E-state index is -0.405. The number of carbonyl (C=O) groups excluding carboxylic acids is 1. The Morgan fingerprint density at radius 3 is 2.67 bits per heavy atom. The number of benzene rings is 1. The number of aliphatic hydroxyl groups is 1. The molecule has 0 radical (unpaired) electrons. The molecule has 3 rings (SSSR count). The Labute approximate surface area is 142 Å². The van der Waals surface area contributed by atoms with Crippen molar-refractivity contribution >= 4 is 5.91 Å². The van der Waals surface area contributed by atoms with Crippen LogP contribution in [0.4, 0.5) is 0 Å². The van der Waals surface area contributed by atoms with Gasteiger partial charge in [-0.3, -0.25) is 9.48 Å². The first-order valence-corrected chi connectivity index (χ1v) is 8.69. The summed E-state index contributed by atoms with van der Waals surface area (Å²) < 4.78 is 2.00. The molecular formula is C19H25N3O2. The Balaban J connectivity index is 1.83. The molecule has 5 heteroatoms. The van der Waals surface area contributed by atoms with Crippen LogP contribution < -0.4 is 5.32 Å². The fraction of sp³-hybridized carbons (Fsp3) is 0.474. The highest BCUT2D eigenvalue weighted by Gasteiger charge is 2.33. The van der Waals surface area contributed by atoms with E-state index in [1.807, 2.05) is 35.0 Å². The van der Waals surface area contributed by atoms with Gasteiger partial charge in [0.25, 0.3) is 5.91 Å². The molecule has 1 heterocycles. The van der Waals surface area contributed by atoms with E-state index in [9.17, 15) is 9.90 Å². The van der Waals surface area contributed by atoms with Gasteiger partial charge in [-0.05, 0) is 31.7 Å². The van der Waals surface area contributed by atoms with Crippen LogP contribution in [0.3, 0.4) is 0 Å². The van der Waals surface area contributed by atoms with E-state index >= 15 is 0 Å². The molecule has 1 aromatic carbocycles. The molecule has 2 atom stereocenters. The fourth-order valence-electron chi connectivity index (χ4n) is 2.99. The van der Waals surface area contributed by atoms with E-state index < -0.39 is 6.04 Å². The number of rotatable bonds is 7. The van der Waals surface area contributed by atoms with Crippen LogP contribution in [0, 0.1) is 0 Å². The molecule has 0 aliphatic heterocycles. The van der Waals surface area contributed by atoms with Gasteiger partial charge in [0.05, 0.1) is 30.1 Å². The molecule has 1 fully saturated rings. The van der Waals surface area contributed by atoms with E-state index in [1.54, 1.807) is 6.20 Å². The van der Waals surface area contributed by atoms with Crippen LogP contribution in [0.2, 0.25) is 0 Å². The summed E-state index contributed by atoms with van der Waals surface area (Å²) in [5.41, 5.74) is 2.59. The van der Waals surface area contributed by atoms with E-state index in [2.05, 4.69) is 24.3 Å². The first kappa shape index (κ1) is 16.7. The van der Waals surface area contributed by atoms with Gasteiger partial charge >= 0.3 is 0 Å². The molecule has 1 aromatic heterocycles. The van der Waals surface area contributed by atoms with E-state index in [0.717, 1.165) is 30.5 Å². The number of nitrogens with zero attached hydrogens (tertiary/aromatic N) is 2. The third kappa shape index (κ3) is 3.36. The van der Waals surface area contributed by atoms with Crippen molar-refractivity contribution in [2.75, 3.05) is 6.61 Å². The van der Waals surface area contributed by atoms with Crippen LogP contribution in [0.15, 0.2) is 36.5 Å². The van der Waals surface area contributed by atoms with Crippen molar-refractivity contribution in [3.8, 4) is 0 Å². The zero-order chi connectivity index (χ0) is 17.1. The van der Waals surface area contributed by atoms with Gasteiger partial charge in [-0.15, -0.1) is 0 Å². The molecule has 1 unspecified atom stereocenters. The molecule has 2 N–H and O–H groups in total. The summed E-state index contributed by atoms with van der Waals surface area (Å²) in [5, 5.41) is 17.1. The topological polar surface area (TPSA) is 67.2 Å². The van der Waals surface area contributed by atoms with Gasteiger partial charge in [-0.25, -0.2) is 0 Å². The number of amides is 1. The third-order valence-corrected chi connectivity index (χ3v) is 4.74. The summed E-state index contributed by atoms with van der Waals surface area (Å²) in [4.78, 5) is 12.8. The maximum atomic E-state index is 12.8. The molecule has 0 bridgehead atoms. The quantitative estimate of drug-likeness (QED) is 0.820. The van der Waals surface area contributed by atoms with Crippen molar-refractivity contribution in [2.45, 2.75) is 51.1 Å². The summed E-state index contributed by atoms with van der Waals surface area (Å²) in [6.45, 7) is 4.12. The minimum absolute atomic E-state index is 0.131. The molecule has 0 saturated heterocycles. The molecule has 1 amide bonds. The Hall–Kier alpha value is -2.14. The number of aromatic nitrogens is 2. The molecule has 1 aliphatic rings. The Morgan fingerprint density at radius 1 is 1.38 bits per heavy atom. The van der Waals surface area contributed by atoms with Gasteiger partial charge in [0.1, 0.15) is 0 Å². The number of carbonyl (C=O) groups is 1. The molecule has 5 nitrogen and oxygen atoms in total. The van der Waals surface area contributed by atoms with Crippen LogP contribution in [0.5, 0.6) is 0 Å². The van der Waals surface area contributed by atoms with Crippen molar-refractivity contribution in [1.82, 2.24) is 15.1 Å². The van der Waals surface area contributed by atoms with Gasteiger partial charge < -0.3 is 10.4 Å². The Morgan fingerprint density at radius 2 is 2.08 bits per heavy atom. The second-order valence-electron chi connectivity index (χ2n) is 6.54. The number of hydrogen-bond acceptors (Lipinski definition) is 3. The zero-order valence-corrected chi connectivity index (χ0v) is 14.3. The molecule has 1 aliphatic carbocycles. The van der Waals surface area contributed by atoms with Crippen LogP contribution >= 0.6 is 0 Å². The summed E-state index contributed by atoms with van der Waals surface area (Å²) in [6.07, 6.45) is 4.88. The minimum Gasteiger partial charge on any atom is -0.394 e. The summed E-state index contributed by atoms with van der Waals surface area (Å²) in [5.74, 6) is 0.279. The van der Waals surface area contributed by atoms with Gasteiger partial charge in [0, 0.05) is 12.0 Å². The highest BCUT2D eigenvalue weighted by Crippen LogP contribution is 2.42. The van der Waals surface area contributed by atoms with Crippen LogP contribution in [-0.2, 0) is 0 Å². The third-order valence-electron chi connectivity index (χ3n) is 4.74. The maximum Gasteiger partial charge on any atom is 0.255 e. The lowest BCUT2D eigenvalue weighted by Crippen LogP contribution is -2.31.